The normalized spacial score (nSPS) is 15.8. The van der Waals surface area contributed by atoms with E-state index in [4.69, 9.17) is 4.52 Å². The first-order valence-corrected chi connectivity index (χ1v) is 11.3. The maximum Gasteiger partial charge on any atom is 0.261 e. The van der Waals surface area contributed by atoms with Crippen LogP contribution < -0.4 is 15.3 Å². The van der Waals surface area contributed by atoms with E-state index >= 15 is 0 Å². The number of rotatable bonds is 6. The summed E-state index contributed by atoms with van der Waals surface area (Å²) < 4.78 is 19.5. The zero-order valence-electron chi connectivity index (χ0n) is 19.1. The summed E-state index contributed by atoms with van der Waals surface area (Å²) in [5.41, 5.74) is 1.42. The Morgan fingerprint density at radius 3 is 2.97 bits per heavy atom. The molecule has 1 atom stereocenters. The summed E-state index contributed by atoms with van der Waals surface area (Å²) in [5.74, 6) is 0.334. The highest BCUT2D eigenvalue weighted by Gasteiger charge is 2.32. The molecule has 2 N–H and O–H groups in total. The second-order valence-corrected chi connectivity index (χ2v) is 8.44. The molecule has 1 unspecified atom stereocenters. The summed E-state index contributed by atoms with van der Waals surface area (Å²) in [6.07, 6.45) is 4.61. The fourth-order valence-electron chi connectivity index (χ4n) is 4.20. The van der Waals surface area contributed by atoms with Crippen molar-refractivity contribution in [2.75, 3.05) is 28.4 Å². The topological polar surface area (TPSA) is 121 Å². The minimum Gasteiger partial charge on any atom is -0.508 e. The van der Waals surface area contributed by atoms with Gasteiger partial charge in [-0.05, 0) is 31.9 Å². The number of pyridine rings is 1. The molecule has 4 heterocycles. The largest absolute Gasteiger partial charge is 0.508 e. The number of aromatic nitrogens is 4. The highest BCUT2D eigenvalue weighted by Crippen LogP contribution is 2.29. The monoisotopic (exact) mass is 477 g/mol. The molecule has 180 valence electrons. The van der Waals surface area contributed by atoms with Crippen LogP contribution in [0.15, 0.2) is 53.3 Å². The number of fused-ring (bicyclic) bond motifs is 1. The number of piperidine rings is 1. The van der Waals surface area contributed by atoms with Crippen LogP contribution >= 0.6 is 0 Å². The van der Waals surface area contributed by atoms with Crippen LogP contribution in [0.25, 0.3) is 10.9 Å². The summed E-state index contributed by atoms with van der Waals surface area (Å²) in [6.45, 7) is 3.00. The van der Waals surface area contributed by atoms with Gasteiger partial charge in [0.1, 0.15) is 17.3 Å². The van der Waals surface area contributed by atoms with Gasteiger partial charge in [-0.3, -0.25) is 4.79 Å². The van der Waals surface area contributed by atoms with Crippen molar-refractivity contribution in [3.63, 3.8) is 0 Å². The van der Waals surface area contributed by atoms with Gasteiger partial charge in [0.05, 0.1) is 16.8 Å². The minimum absolute atomic E-state index is 0.0623. The van der Waals surface area contributed by atoms with Crippen LogP contribution in [-0.4, -0.2) is 44.2 Å². The number of amides is 1. The van der Waals surface area contributed by atoms with Crippen LogP contribution in [0.4, 0.5) is 22.1 Å². The number of aryl methyl sites for hydroxylation is 1. The predicted molar refractivity (Wildman–Crippen MR) is 128 cm³/mol. The average Bonchev–Trinajstić information content (AvgIpc) is 3.33. The number of nitrogens with one attached hydrogen (secondary N) is 1. The molecule has 3 aromatic heterocycles. The standard InChI is InChI=1S/C24H24FN7O3/c1-15-11-21(30-35-15)32(25)23(34)17-6-4-10-31(14-17)22-18-13-28-24(29-19(18)8-9-26-22)27-12-16-5-2-3-7-20(16)33/h2-3,5,7-9,11,13,17,33H,4,6,10,12,14H2,1H3,(H,27,28,29). The SMILES string of the molecule is Cc1cc(N(F)C(=O)C2CCCN(c3nccc4nc(NCc5ccccc5O)ncc34)C2)no1. The Morgan fingerprint density at radius 1 is 1.31 bits per heavy atom. The maximum atomic E-state index is 14.7. The molecule has 0 radical (unpaired) electrons. The Morgan fingerprint density at radius 2 is 2.17 bits per heavy atom. The van der Waals surface area contributed by atoms with Gasteiger partial charge in [0.25, 0.3) is 5.91 Å². The molecule has 1 fully saturated rings. The lowest BCUT2D eigenvalue weighted by Gasteiger charge is -2.33. The molecule has 35 heavy (non-hydrogen) atoms. The zero-order valence-corrected chi connectivity index (χ0v) is 19.1. The third-order valence-electron chi connectivity index (χ3n) is 6.00. The van der Waals surface area contributed by atoms with E-state index in [9.17, 15) is 14.4 Å². The molecule has 0 spiro atoms. The van der Waals surface area contributed by atoms with E-state index in [0.717, 1.165) is 10.9 Å². The summed E-state index contributed by atoms with van der Waals surface area (Å²) in [6, 6.07) is 10.2. The van der Waals surface area contributed by atoms with Gasteiger partial charge in [0.2, 0.25) is 11.8 Å². The fraction of sp³-hybridized carbons (Fsp3) is 0.292. The summed E-state index contributed by atoms with van der Waals surface area (Å²) >= 11 is 0. The van der Waals surface area contributed by atoms with Gasteiger partial charge in [0, 0.05) is 43.7 Å². The van der Waals surface area contributed by atoms with Crippen LogP contribution in [0.3, 0.4) is 0 Å². The van der Waals surface area contributed by atoms with Gasteiger partial charge in [-0.1, -0.05) is 27.8 Å². The molecule has 1 aliphatic rings. The van der Waals surface area contributed by atoms with Gasteiger partial charge in [-0.2, -0.15) is 0 Å². The van der Waals surface area contributed by atoms with Gasteiger partial charge in [0.15, 0.2) is 0 Å². The first-order valence-electron chi connectivity index (χ1n) is 11.3. The van der Waals surface area contributed by atoms with Crippen molar-refractivity contribution in [2.24, 2.45) is 5.92 Å². The Hall–Kier alpha value is -4.28. The van der Waals surface area contributed by atoms with Crippen molar-refractivity contribution in [3.05, 3.63) is 60.1 Å². The van der Waals surface area contributed by atoms with Crippen LogP contribution in [-0.2, 0) is 11.3 Å². The van der Waals surface area contributed by atoms with E-state index in [1.165, 1.54) is 6.07 Å². The van der Waals surface area contributed by atoms with Crippen molar-refractivity contribution in [3.8, 4) is 5.75 Å². The smallest absolute Gasteiger partial charge is 0.261 e. The summed E-state index contributed by atoms with van der Waals surface area (Å²) in [7, 11) is 0. The molecule has 0 saturated carbocycles. The molecule has 0 bridgehead atoms. The lowest BCUT2D eigenvalue weighted by atomic mass is 9.96. The van der Waals surface area contributed by atoms with Crippen molar-refractivity contribution >= 4 is 34.4 Å². The van der Waals surface area contributed by atoms with Crippen LogP contribution in [0.2, 0.25) is 0 Å². The minimum atomic E-state index is -0.657. The second kappa shape index (κ2) is 9.53. The summed E-state index contributed by atoms with van der Waals surface area (Å²) in [4.78, 5) is 28.2. The van der Waals surface area contributed by atoms with Gasteiger partial charge < -0.3 is 19.8 Å². The quantitative estimate of drug-likeness (QED) is 0.400. The van der Waals surface area contributed by atoms with E-state index in [-0.39, 0.29) is 16.7 Å². The average molecular weight is 478 g/mol. The lowest BCUT2D eigenvalue weighted by molar-refractivity contribution is -0.125. The molecule has 11 heteroatoms. The van der Waals surface area contributed by atoms with Crippen molar-refractivity contribution < 1.29 is 18.9 Å². The van der Waals surface area contributed by atoms with Crippen LogP contribution in [0.5, 0.6) is 5.75 Å². The van der Waals surface area contributed by atoms with E-state index in [1.807, 2.05) is 17.0 Å². The number of aromatic hydroxyl groups is 1. The molecule has 1 saturated heterocycles. The summed E-state index contributed by atoms with van der Waals surface area (Å²) in [5, 5.41) is 17.5. The van der Waals surface area contributed by atoms with E-state index < -0.39 is 11.8 Å². The first kappa shape index (κ1) is 22.5. The number of para-hydroxylation sites is 1. The second-order valence-electron chi connectivity index (χ2n) is 8.44. The van der Waals surface area contributed by atoms with E-state index in [1.54, 1.807) is 37.5 Å². The van der Waals surface area contributed by atoms with Crippen molar-refractivity contribution in [1.29, 1.82) is 0 Å². The van der Waals surface area contributed by atoms with Gasteiger partial charge in [-0.15, -0.1) is 5.12 Å². The van der Waals surface area contributed by atoms with Crippen LogP contribution in [0, 0.1) is 12.8 Å². The Kier molecular flexibility index (Phi) is 6.13. The fourth-order valence-corrected chi connectivity index (χ4v) is 4.20. The number of phenolic OH excluding ortho intramolecular Hbond substituents is 1. The molecule has 4 aromatic rings. The predicted octanol–water partition coefficient (Wildman–Crippen LogP) is 3.77. The molecule has 0 aliphatic carbocycles. The number of anilines is 3. The number of carbonyl (C=O) groups is 1. The number of phenols is 1. The first-order chi connectivity index (χ1) is 17.0. The Labute approximate surface area is 200 Å². The maximum absolute atomic E-state index is 14.7. The Balaban J connectivity index is 1.32. The number of hydrogen-bond acceptors (Lipinski definition) is 9. The van der Waals surface area contributed by atoms with Gasteiger partial charge in [-0.25, -0.2) is 15.0 Å². The third-order valence-corrected chi connectivity index (χ3v) is 6.00. The number of carbonyl (C=O) groups excluding carboxylic acids is 1. The number of benzene rings is 1. The van der Waals surface area contributed by atoms with Crippen LogP contribution in [0.1, 0.15) is 24.2 Å². The van der Waals surface area contributed by atoms with Crippen molar-refractivity contribution in [2.45, 2.75) is 26.3 Å². The third kappa shape index (κ3) is 4.70. The number of halogens is 1. The number of hydrogen-bond donors (Lipinski definition) is 2. The van der Waals surface area contributed by atoms with Gasteiger partial charge >= 0.3 is 0 Å². The molecular weight excluding hydrogens is 453 g/mol. The molecule has 1 aliphatic heterocycles. The zero-order chi connectivity index (χ0) is 24.4. The molecule has 1 amide bonds. The lowest BCUT2D eigenvalue weighted by Crippen LogP contribution is -2.43. The van der Waals surface area contributed by atoms with E-state index in [2.05, 4.69) is 25.4 Å². The molecule has 10 nitrogen and oxygen atoms in total. The molecule has 5 rings (SSSR count). The number of nitrogens with zero attached hydrogens (tertiary/aromatic N) is 6. The van der Waals surface area contributed by atoms with Crippen molar-refractivity contribution in [1.82, 2.24) is 20.1 Å². The molecular formula is C24H24FN7O3. The highest BCUT2D eigenvalue weighted by molar-refractivity contribution is 5.93. The Bertz CT molecular complexity index is 1360. The van der Waals surface area contributed by atoms with E-state index in [0.29, 0.717) is 55.5 Å². The highest BCUT2D eigenvalue weighted by atomic mass is 19.2. The molecule has 1 aromatic carbocycles.